The van der Waals surface area contributed by atoms with Crippen molar-refractivity contribution in [2.24, 2.45) is 0 Å². The second kappa shape index (κ2) is 6.35. The van der Waals surface area contributed by atoms with Gasteiger partial charge in [-0.05, 0) is 45.7 Å². The molecule has 3 nitrogen and oxygen atoms in total. The summed E-state index contributed by atoms with van der Waals surface area (Å²) in [5.74, 6) is 0. The third-order valence-corrected chi connectivity index (χ3v) is 4.85. The highest BCUT2D eigenvalue weighted by Crippen LogP contribution is 2.24. The van der Waals surface area contributed by atoms with Gasteiger partial charge in [0.2, 0.25) is 0 Å². The van der Waals surface area contributed by atoms with E-state index in [1.54, 1.807) is 11.3 Å². The van der Waals surface area contributed by atoms with E-state index in [4.69, 9.17) is 11.6 Å². The Kier molecular flexibility index (Phi) is 5.04. The quantitative estimate of drug-likeness (QED) is 0.921. The van der Waals surface area contributed by atoms with Gasteiger partial charge < -0.3 is 10.0 Å². The minimum absolute atomic E-state index is 0.207. The average Bonchev–Trinajstić information content (AvgIpc) is 2.62. The minimum Gasteiger partial charge on any atom is -0.391 e. The van der Waals surface area contributed by atoms with Crippen LogP contribution >= 0.6 is 22.9 Å². The van der Waals surface area contributed by atoms with E-state index in [0.717, 1.165) is 28.8 Å². The minimum atomic E-state index is -0.328. The molecule has 0 amide bonds. The lowest BCUT2D eigenvalue weighted by molar-refractivity contribution is 0.0586. The molecule has 2 unspecified atom stereocenters. The Morgan fingerprint density at radius 3 is 2.89 bits per heavy atom. The van der Waals surface area contributed by atoms with E-state index >= 15 is 0 Å². The Balaban J connectivity index is 1.99. The van der Waals surface area contributed by atoms with Gasteiger partial charge >= 0.3 is 0 Å². The molecule has 1 N–H and O–H groups in total. The zero-order valence-corrected chi connectivity index (χ0v) is 12.5. The van der Waals surface area contributed by atoms with Crippen LogP contribution in [0.2, 0.25) is 4.34 Å². The molecule has 1 aliphatic heterocycles. The number of rotatable bonds is 3. The SMILES string of the molecule is CN1CCCN(C)C(C(O)Cc2ccc(Cl)s2)C1. The maximum atomic E-state index is 10.4. The summed E-state index contributed by atoms with van der Waals surface area (Å²) in [6, 6.07) is 4.12. The summed E-state index contributed by atoms with van der Waals surface area (Å²) in [6.45, 7) is 3.09. The fourth-order valence-electron chi connectivity index (χ4n) is 2.52. The van der Waals surface area contributed by atoms with Crippen LogP contribution < -0.4 is 0 Å². The topological polar surface area (TPSA) is 26.7 Å². The van der Waals surface area contributed by atoms with Crippen molar-refractivity contribution in [3.05, 3.63) is 21.3 Å². The molecule has 0 saturated carbocycles. The van der Waals surface area contributed by atoms with Gasteiger partial charge in [0, 0.05) is 23.9 Å². The van der Waals surface area contributed by atoms with E-state index in [1.807, 2.05) is 12.1 Å². The summed E-state index contributed by atoms with van der Waals surface area (Å²) >= 11 is 7.49. The van der Waals surface area contributed by atoms with Gasteiger partial charge in [0.15, 0.2) is 0 Å². The van der Waals surface area contributed by atoms with Gasteiger partial charge in [-0.25, -0.2) is 0 Å². The number of thiophene rings is 1. The highest BCUT2D eigenvalue weighted by Gasteiger charge is 2.27. The monoisotopic (exact) mass is 288 g/mol. The van der Waals surface area contributed by atoms with Crippen molar-refractivity contribution in [1.29, 1.82) is 0 Å². The van der Waals surface area contributed by atoms with Crippen LogP contribution in [0.3, 0.4) is 0 Å². The fourth-order valence-corrected chi connectivity index (χ4v) is 3.66. The first kappa shape index (κ1) is 14.3. The molecule has 18 heavy (non-hydrogen) atoms. The maximum Gasteiger partial charge on any atom is 0.0931 e. The zero-order valence-electron chi connectivity index (χ0n) is 11.0. The van der Waals surface area contributed by atoms with E-state index in [2.05, 4.69) is 23.9 Å². The summed E-state index contributed by atoms with van der Waals surface area (Å²) in [6.07, 6.45) is 1.53. The third-order valence-electron chi connectivity index (χ3n) is 3.60. The Morgan fingerprint density at radius 1 is 1.44 bits per heavy atom. The number of halogens is 1. The standard InChI is InChI=1S/C13H21ClN2OS/c1-15-6-3-7-16(2)11(9-15)12(17)8-10-4-5-13(14)18-10/h4-5,11-12,17H,3,6-9H2,1-2H3. The Bertz CT molecular complexity index is 385. The normalized spacial score (nSPS) is 25.0. The number of hydrogen-bond donors (Lipinski definition) is 1. The van der Waals surface area contributed by atoms with Crippen LogP contribution in [0.15, 0.2) is 12.1 Å². The molecule has 1 aromatic rings. The van der Waals surface area contributed by atoms with E-state index in [0.29, 0.717) is 6.42 Å². The van der Waals surface area contributed by atoms with Gasteiger partial charge in [0.1, 0.15) is 0 Å². The van der Waals surface area contributed by atoms with Gasteiger partial charge in [0.25, 0.3) is 0 Å². The molecular weight excluding hydrogens is 268 g/mol. The first-order chi connectivity index (χ1) is 8.56. The summed E-state index contributed by atoms with van der Waals surface area (Å²) in [5, 5.41) is 10.4. The second-order valence-corrected chi connectivity index (χ2v) is 6.94. The third kappa shape index (κ3) is 3.68. The first-order valence-corrected chi connectivity index (χ1v) is 7.57. The number of nitrogens with zero attached hydrogens (tertiary/aromatic N) is 2. The highest BCUT2D eigenvalue weighted by molar-refractivity contribution is 7.16. The molecule has 1 aliphatic rings. The van der Waals surface area contributed by atoms with Crippen LogP contribution in [0.5, 0.6) is 0 Å². The van der Waals surface area contributed by atoms with Gasteiger partial charge in [0.05, 0.1) is 10.4 Å². The molecule has 0 radical (unpaired) electrons. The lowest BCUT2D eigenvalue weighted by Crippen LogP contribution is -2.46. The van der Waals surface area contributed by atoms with Crippen molar-refractivity contribution < 1.29 is 5.11 Å². The molecule has 2 rings (SSSR count). The van der Waals surface area contributed by atoms with Gasteiger partial charge in [-0.2, -0.15) is 0 Å². The lowest BCUT2D eigenvalue weighted by atomic mass is 10.1. The maximum absolute atomic E-state index is 10.4. The Hall–Kier alpha value is -0.130. The van der Waals surface area contributed by atoms with Crippen LogP contribution in [0.1, 0.15) is 11.3 Å². The molecular formula is C13H21ClN2OS. The van der Waals surface area contributed by atoms with Crippen molar-refractivity contribution >= 4 is 22.9 Å². The van der Waals surface area contributed by atoms with Gasteiger partial charge in [-0.15, -0.1) is 11.3 Å². The zero-order chi connectivity index (χ0) is 13.1. The first-order valence-electron chi connectivity index (χ1n) is 6.37. The van der Waals surface area contributed by atoms with Crippen LogP contribution in [0.4, 0.5) is 0 Å². The van der Waals surface area contributed by atoms with Crippen molar-refractivity contribution in [1.82, 2.24) is 9.80 Å². The number of hydrogen-bond acceptors (Lipinski definition) is 4. The lowest BCUT2D eigenvalue weighted by Gasteiger charge is -2.31. The summed E-state index contributed by atoms with van der Waals surface area (Å²) in [4.78, 5) is 5.75. The molecule has 102 valence electrons. The molecule has 0 bridgehead atoms. The largest absolute Gasteiger partial charge is 0.391 e. The van der Waals surface area contributed by atoms with E-state index in [1.165, 1.54) is 6.42 Å². The van der Waals surface area contributed by atoms with Crippen molar-refractivity contribution in [2.75, 3.05) is 33.7 Å². The van der Waals surface area contributed by atoms with E-state index in [-0.39, 0.29) is 12.1 Å². The van der Waals surface area contributed by atoms with E-state index < -0.39 is 0 Å². The molecule has 0 aromatic carbocycles. The molecule has 0 aliphatic carbocycles. The van der Waals surface area contributed by atoms with Crippen molar-refractivity contribution in [3.8, 4) is 0 Å². The molecule has 1 saturated heterocycles. The van der Waals surface area contributed by atoms with Gasteiger partial charge in [-0.3, -0.25) is 4.90 Å². The van der Waals surface area contributed by atoms with Crippen molar-refractivity contribution in [3.63, 3.8) is 0 Å². The predicted octanol–water partition coefficient (Wildman–Crippen LogP) is 1.94. The molecule has 2 heterocycles. The second-order valence-electron chi connectivity index (χ2n) is 5.14. The predicted molar refractivity (Wildman–Crippen MR) is 77.6 cm³/mol. The van der Waals surface area contributed by atoms with Crippen LogP contribution in [0, 0.1) is 0 Å². The molecule has 1 aromatic heterocycles. The number of likely N-dealkylation sites (N-methyl/N-ethyl adjacent to an activating group) is 2. The molecule has 2 atom stereocenters. The molecule has 1 fully saturated rings. The number of aliphatic hydroxyl groups excluding tert-OH is 1. The summed E-state index contributed by atoms with van der Waals surface area (Å²) in [5.41, 5.74) is 0. The molecule has 0 spiro atoms. The van der Waals surface area contributed by atoms with Crippen LogP contribution in [-0.2, 0) is 6.42 Å². The smallest absolute Gasteiger partial charge is 0.0931 e. The van der Waals surface area contributed by atoms with Gasteiger partial charge in [-0.1, -0.05) is 11.6 Å². The molecule has 5 heteroatoms. The Morgan fingerprint density at radius 2 is 2.22 bits per heavy atom. The van der Waals surface area contributed by atoms with Crippen LogP contribution in [-0.4, -0.2) is 60.8 Å². The van der Waals surface area contributed by atoms with Crippen LogP contribution in [0.25, 0.3) is 0 Å². The summed E-state index contributed by atoms with van der Waals surface area (Å²) < 4.78 is 0.795. The van der Waals surface area contributed by atoms with Crippen molar-refractivity contribution in [2.45, 2.75) is 25.0 Å². The fraction of sp³-hybridized carbons (Fsp3) is 0.692. The average molecular weight is 289 g/mol. The summed E-state index contributed by atoms with van der Waals surface area (Å²) in [7, 11) is 4.23. The number of aliphatic hydroxyl groups is 1. The Labute approximate surface area is 118 Å². The highest BCUT2D eigenvalue weighted by atomic mass is 35.5. The van der Waals surface area contributed by atoms with E-state index in [9.17, 15) is 5.11 Å².